The first-order valence-corrected chi connectivity index (χ1v) is 3.83. The maximum atomic E-state index is 10.5. The van der Waals surface area contributed by atoms with Gasteiger partial charge in [0.15, 0.2) is 12.4 Å². The van der Waals surface area contributed by atoms with E-state index in [1.165, 1.54) is 7.11 Å². The van der Waals surface area contributed by atoms with Crippen molar-refractivity contribution in [2.45, 2.75) is 31.0 Å². The van der Waals surface area contributed by atoms with Crippen LogP contribution in [0.25, 0.3) is 0 Å². The lowest BCUT2D eigenvalue weighted by molar-refractivity contribution is -0.258. The zero-order valence-electron chi connectivity index (χ0n) is 7.08. The van der Waals surface area contributed by atoms with Gasteiger partial charge in [-0.1, -0.05) is 0 Å². The first kappa shape index (κ1) is 10.4. The fraction of sp³-hybridized carbons (Fsp3) is 0.857. The molecule has 1 aliphatic rings. The van der Waals surface area contributed by atoms with Gasteiger partial charge in [-0.15, -0.1) is 0 Å². The molecule has 13 heavy (non-hydrogen) atoms. The number of aliphatic hydroxyl groups excluding tert-OH is 2. The molecule has 1 fully saturated rings. The third kappa shape index (κ3) is 2.16. The van der Waals surface area contributed by atoms with Crippen LogP contribution < -0.4 is 0 Å². The van der Waals surface area contributed by atoms with E-state index in [2.05, 4.69) is 4.74 Å². The van der Waals surface area contributed by atoms with Crippen molar-refractivity contribution in [2.75, 3.05) is 7.11 Å². The summed E-state index contributed by atoms with van der Waals surface area (Å²) in [6.07, 6.45) is -4.65. The van der Waals surface area contributed by atoms with E-state index < -0.39 is 30.6 Å². The van der Waals surface area contributed by atoms with Crippen molar-refractivity contribution in [2.24, 2.45) is 0 Å². The molecule has 0 aromatic heterocycles. The minimum Gasteiger partial charge on any atom is -0.479 e. The van der Waals surface area contributed by atoms with Gasteiger partial charge < -0.3 is 24.8 Å². The highest BCUT2D eigenvalue weighted by Crippen LogP contribution is 2.20. The second kappa shape index (κ2) is 4.01. The van der Waals surface area contributed by atoms with E-state index in [1.807, 2.05) is 0 Å². The lowest BCUT2D eigenvalue weighted by Gasteiger charge is -2.34. The van der Waals surface area contributed by atoms with E-state index in [4.69, 9.17) is 9.84 Å². The highest BCUT2D eigenvalue weighted by Gasteiger charge is 2.39. The number of ether oxygens (including phenoxy) is 2. The van der Waals surface area contributed by atoms with Crippen LogP contribution in [-0.4, -0.2) is 53.0 Å². The van der Waals surface area contributed by atoms with Crippen molar-refractivity contribution >= 4 is 5.97 Å². The van der Waals surface area contributed by atoms with Crippen LogP contribution in [-0.2, 0) is 14.3 Å². The fourth-order valence-corrected chi connectivity index (χ4v) is 1.19. The Morgan fingerprint density at radius 1 is 1.54 bits per heavy atom. The van der Waals surface area contributed by atoms with E-state index in [1.54, 1.807) is 0 Å². The van der Waals surface area contributed by atoms with Gasteiger partial charge in [0.05, 0.1) is 6.10 Å². The summed E-state index contributed by atoms with van der Waals surface area (Å²) in [5, 5.41) is 27.1. The van der Waals surface area contributed by atoms with Gasteiger partial charge in [-0.3, -0.25) is 0 Å². The summed E-state index contributed by atoms with van der Waals surface area (Å²) >= 11 is 0. The summed E-state index contributed by atoms with van der Waals surface area (Å²) in [5.74, 6) is -1.17. The molecular formula is C7H12O6. The first-order valence-electron chi connectivity index (χ1n) is 3.83. The lowest BCUT2D eigenvalue weighted by atomic mass is 10.0. The molecular weight excluding hydrogens is 180 g/mol. The number of hydrogen-bond acceptors (Lipinski definition) is 5. The maximum absolute atomic E-state index is 10.5. The number of carbonyl (C=O) groups is 1. The van der Waals surface area contributed by atoms with Crippen molar-refractivity contribution in [3.05, 3.63) is 0 Å². The first-order chi connectivity index (χ1) is 6.06. The van der Waals surface area contributed by atoms with Crippen molar-refractivity contribution in [1.29, 1.82) is 0 Å². The fourth-order valence-electron chi connectivity index (χ4n) is 1.19. The zero-order valence-corrected chi connectivity index (χ0v) is 7.08. The maximum Gasteiger partial charge on any atom is 0.333 e. The van der Waals surface area contributed by atoms with E-state index in [0.29, 0.717) is 0 Å². The van der Waals surface area contributed by atoms with Gasteiger partial charge in [-0.2, -0.15) is 0 Å². The van der Waals surface area contributed by atoms with Crippen molar-refractivity contribution in [3.8, 4) is 0 Å². The average Bonchev–Trinajstić information content (AvgIpc) is 2.09. The Kier molecular flexibility index (Phi) is 3.21. The Bertz CT molecular complexity index is 193. The smallest absolute Gasteiger partial charge is 0.333 e. The zero-order chi connectivity index (χ0) is 10.0. The lowest BCUT2D eigenvalue weighted by Crippen LogP contribution is -2.51. The van der Waals surface area contributed by atoms with Crippen LogP contribution in [0.15, 0.2) is 0 Å². The Balaban J connectivity index is 2.63. The predicted octanol–water partition coefficient (Wildman–Crippen LogP) is -1.45. The third-order valence-corrected chi connectivity index (χ3v) is 1.93. The molecule has 1 rings (SSSR count). The van der Waals surface area contributed by atoms with Gasteiger partial charge in [0.25, 0.3) is 0 Å². The molecule has 0 aromatic rings. The van der Waals surface area contributed by atoms with Crippen molar-refractivity contribution in [3.63, 3.8) is 0 Å². The highest BCUT2D eigenvalue weighted by molar-refractivity contribution is 5.72. The molecule has 0 radical (unpaired) electrons. The normalized spacial score (nSPS) is 40.2. The van der Waals surface area contributed by atoms with Gasteiger partial charge in [-0.05, 0) is 0 Å². The molecule has 6 heteroatoms. The monoisotopic (exact) mass is 192 g/mol. The summed E-state index contributed by atoms with van der Waals surface area (Å²) in [5.41, 5.74) is 0. The average molecular weight is 192 g/mol. The van der Waals surface area contributed by atoms with Crippen molar-refractivity contribution < 1.29 is 29.6 Å². The summed E-state index contributed by atoms with van der Waals surface area (Å²) in [6.45, 7) is 0. The molecule has 0 aliphatic carbocycles. The Morgan fingerprint density at radius 3 is 2.62 bits per heavy atom. The molecule has 0 unspecified atom stereocenters. The third-order valence-electron chi connectivity index (χ3n) is 1.93. The second-order valence-corrected chi connectivity index (χ2v) is 2.86. The largest absolute Gasteiger partial charge is 0.479 e. The number of carboxylic acids is 1. The molecule has 0 amide bonds. The Hall–Kier alpha value is -0.690. The van der Waals surface area contributed by atoms with Crippen LogP contribution in [0.5, 0.6) is 0 Å². The number of aliphatic hydroxyl groups is 2. The highest BCUT2D eigenvalue weighted by atomic mass is 16.7. The minimum absolute atomic E-state index is 0.129. The standard InChI is InChI=1S/C7H12O6/c1-12-7-5(9)3(8)2-4(13-7)6(10)11/h3-5,7-9H,2H2,1H3,(H,10,11)/t3-,4+,5-,7-/m1/s1. The van der Waals surface area contributed by atoms with Crippen molar-refractivity contribution in [1.82, 2.24) is 0 Å². The van der Waals surface area contributed by atoms with Crippen LogP contribution in [0.4, 0.5) is 0 Å². The molecule has 1 aliphatic heterocycles. The molecule has 4 atom stereocenters. The van der Waals surface area contributed by atoms with E-state index in [9.17, 15) is 15.0 Å². The summed E-state index contributed by atoms with van der Waals surface area (Å²) < 4.78 is 9.51. The number of methoxy groups -OCH3 is 1. The molecule has 0 bridgehead atoms. The number of aliphatic carboxylic acids is 1. The molecule has 0 spiro atoms. The summed E-state index contributed by atoms with van der Waals surface area (Å²) in [4.78, 5) is 10.5. The molecule has 6 nitrogen and oxygen atoms in total. The van der Waals surface area contributed by atoms with Crippen LogP contribution >= 0.6 is 0 Å². The topological polar surface area (TPSA) is 96.2 Å². The Labute approximate surface area is 74.7 Å². The quantitative estimate of drug-likeness (QED) is 0.495. The van der Waals surface area contributed by atoms with Gasteiger partial charge in [0.1, 0.15) is 6.10 Å². The van der Waals surface area contributed by atoms with Crippen LogP contribution in [0.3, 0.4) is 0 Å². The SMILES string of the molecule is CO[C@@H]1O[C@H](C(=O)O)C[C@@H](O)[C@H]1O. The van der Waals surface area contributed by atoms with Gasteiger partial charge in [0, 0.05) is 13.5 Å². The molecule has 76 valence electrons. The number of hydrogen-bond donors (Lipinski definition) is 3. The Morgan fingerprint density at radius 2 is 2.15 bits per heavy atom. The van der Waals surface area contributed by atoms with Gasteiger partial charge in [-0.25, -0.2) is 4.79 Å². The van der Waals surface area contributed by atoms with E-state index in [-0.39, 0.29) is 6.42 Å². The predicted molar refractivity (Wildman–Crippen MR) is 39.9 cm³/mol. The molecule has 3 N–H and O–H groups in total. The van der Waals surface area contributed by atoms with Gasteiger partial charge >= 0.3 is 5.97 Å². The van der Waals surface area contributed by atoms with Crippen LogP contribution in [0, 0.1) is 0 Å². The van der Waals surface area contributed by atoms with Crippen LogP contribution in [0.1, 0.15) is 6.42 Å². The van der Waals surface area contributed by atoms with E-state index in [0.717, 1.165) is 0 Å². The number of rotatable bonds is 2. The molecule has 0 aromatic carbocycles. The minimum atomic E-state index is -1.19. The van der Waals surface area contributed by atoms with Crippen LogP contribution in [0.2, 0.25) is 0 Å². The second-order valence-electron chi connectivity index (χ2n) is 2.86. The molecule has 1 saturated heterocycles. The number of carboxylic acid groups (broad SMARTS) is 1. The van der Waals surface area contributed by atoms with E-state index >= 15 is 0 Å². The molecule has 0 saturated carbocycles. The summed E-state index contributed by atoms with van der Waals surface area (Å²) in [6, 6.07) is 0. The summed E-state index contributed by atoms with van der Waals surface area (Å²) in [7, 11) is 1.27. The molecule has 1 heterocycles. The van der Waals surface area contributed by atoms with Gasteiger partial charge in [0.2, 0.25) is 0 Å².